The quantitative estimate of drug-likeness (QED) is 0.116. The second kappa shape index (κ2) is 28.3. The van der Waals surface area contributed by atoms with Crippen LogP contribution in [0.5, 0.6) is 0 Å². The van der Waals surface area contributed by atoms with E-state index < -0.39 is 0 Å². The summed E-state index contributed by atoms with van der Waals surface area (Å²) in [6, 6.07) is 43.6. The van der Waals surface area contributed by atoms with E-state index in [1.807, 2.05) is 78.8 Å². The summed E-state index contributed by atoms with van der Waals surface area (Å²) in [5.41, 5.74) is 22.8. The second-order valence-corrected chi connectivity index (χ2v) is 16.4. The molecule has 0 radical (unpaired) electrons. The van der Waals surface area contributed by atoms with Gasteiger partial charge in [0.2, 0.25) is 0 Å². The molecule has 4 aliphatic carbocycles. The van der Waals surface area contributed by atoms with Crippen molar-refractivity contribution in [2.45, 2.75) is 93.9 Å². The number of hydrogen-bond donors (Lipinski definition) is 0. The molecular weight excluding hydrogens is 841 g/mol. The third-order valence-electron chi connectivity index (χ3n) is 12.5. The highest BCUT2D eigenvalue weighted by molar-refractivity contribution is 6.00. The van der Waals surface area contributed by atoms with Gasteiger partial charge in [-0.25, -0.2) is 0 Å². The number of allylic oxidation sites excluding steroid dienone is 21. The van der Waals surface area contributed by atoms with Gasteiger partial charge in [0, 0.05) is 0 Å². The van der Waals surface area contributed by atoms with E-state index in [-0.39, 0.29) is 5.41 Å². The van der Waals surface area contributed by atoms with Crippen molar-refractivity contribution in [1.82, 2.24) is 0 Å². The van der Waals surface area contributed by atoms with E-state index in [9.17, 15) is 0 Å². The average molecular weight is 919 g/mol. The third-order valence-corrected chi connectivity index (χ3v) is 12.5. The monoisotopic (exact) mass is 919 g/mol. The van der Waals surface area contributed by atoms with E-state index in [2.05, 4.69) is 223 Å². The SMILES string of the molecule is C=C(C)c1ccccc1.C=C/C(=C\C=Cc1ccc(C2=CC=CC2)cc1)CC.C=CC(=C)c1cccc(-c2ccc3c(c2)C2(C(/C=C\C)=C3/C=C\C)C3=C(C=CC3)c3ccccc32)c1.CC.CC.CC. The molecule has 0 nitrogen and oxygen atoms in total. The molecule has 0 heteroatoms. The average Bonchev–Trinajstić information content (AvgIpc) is 4.24. The van der Waals surface area contributed by atoms with E-state index in [0.717, 1.165) is 36.0 Å². The van der Waals surface area contributed by atoms with Gasteiger partial charge in [-0.1, -0.05) is 275 Å². The molecule has 9 rings (SSSR count). The van der Waals surface area contributed by atoms with Crippen LogP contribution >= 0.6 is 0 Å². The lowest BCUT2D eigenvalue weighted by molar-refractivity contribution is 0.743. The Bertz CT molecular complexity index is 2860. The maximum absolute atomic E-state index is 4.16. The Morgan fingerprint density at radius 2 is 1.27 bits per heavy atom. The summed E-state index contributed by atoms with van der Waals surface area (Å²) in [7, 11) is 0. The van der Waals surface area contributed by atoms with Crippen LogP contribution in [0.25, 0.3) is 45.1 Å². The summed E-state index contributed by atoms with van der Waals surface area (Å²) in [4.78, 5) is 0. The van der Waals surface area contributed by atoms with Gasteiger partial charge >= 0.3 is 0 Å². The first kappa shape index (κ1) is 55.3. The fourth-order valence-electron chi connectivity index (χ4n) is 9.25. The minimum Gasteiger partial charge on any atom is -0.0988 e. The van der Waals surface area contributed by atoms with E-state index in [0.29, 0.717) is 0 Å². The van der Waals surface area contributed by atoms with Gasteiger partial charge in [-0.15, -0.1) is 0 Å². The fraction of sp³-hybridized carbons (Fsp3) is 0.200. The smallest absolute Gasteiger partial charge is 0.0691 e. The Kier molecular flexibility index (Phi) is 22.3. The lowest BCUT2D eigenvalue weighted by Crippen LogP contribution is -2.28. The van der Waals surface area contributed by atoms with Gasteiger partial charge in [-0.05, 0) is 147 Å². The maximum Gasteiger partial charge on any atom is 0.0691 e. The first-order valence-electron chi connectivity index (χ1n) is 25.5. The van der Waals surface area contributed by atoms with Gasteiger partial charge in [-0.3, -0.25) is 0 Å². The lowest BCUT2D eigenvalue weighted by atomic mass is 9.67. The Hall–Kier alpha value is -7.28. The second-order valence-electron chi connectivity index (χ2n) is 16.4. The molecular formula is C70H78. The molecule has 70 heavy (non-hydrogen) atoms. The van der Waals surface area contributed by atoms with Gasteiger partial charge in [-0.2, -0.15) is 0 Å². The molecule has 4 aliphatic rings. The van der Waals surface area contributed by atoms with Crippen LogP contribution in [0.4, 0.5) is 0 Å². The van der Waals surface area contributed by atoms with Gasteiger partial charge in [0.15, 0.2) is 0 Å². The molecule has 0 bridgehead atoms. The predicted octanol–water partition coefficient (Wildman–Crippen LogP) is 20.8. The first-order valence-corrected chi connectivity index (χ1v) is 25.5. The van der Waals surface area contributed by atoms with Crippen LogP contribution in [0.2, 0.25) is 0 Å². The minimum absolute atomic E-state index is 0.273. The van der Waals surface area contributed by atoms with Crippen molar-refractivity contribution in [3.8, 4) is 11.1 Å². The zero-order chi connectivity index (χ0) is 51.1. The molecule has 0 aromatic heterocycles. The van der Waals surface area contributed by atoms with Crippen molar-refractivity contribution in [1.29, 1.82) is 0 Å². The Balaban J connectivity index is 0.000000261. The number of rotatable bonds is 11. The molecule has 0 amide bonds. The summed E-state index contributed by atoms with van der Waals surface area (Å²) >= 11 is 0. The van der Waals surface area contributed by atoms with E-state index >= 15 is 0 Å². The third kappa shape index (κ3) is 12.5. The molecule has 358 valence electrons. The van der Waals surface area contributed by atoms with Gasteiger partial charge < -0.3 is 0 Å². The molecule has 0 saturated heterocycles. The molecule has 0 saturated carbocycles. The Morgan fingerprint density at radius 3 is 1.89 bits per heavy atom. The highest BCUT2D eigenvalue weighted by atomic mass is 14.5. The maximum atomic E-state index is 4.16. The van der Waals surface area contributed by atoms with Gasteiger partial charge in [0.25, 0.3) is 0 Å². The summed E-state index contributed by atoms with van der Waals surface area (Å²) < 4.78 is 0. The number of hydrogen-bond acceptors (Lipinski definition) is 0. The Labute approximate surface area is 424 Å². The lowest BCUT2D eigenvalue weighted by Gasteiger charge is -2.33. The van der Waals surface area contributed by atoms with Crippen LogP contribution in [0, 0.1) is 0 Å². The molecule has 0 aliphatic heterocycles. The van der Waals surface area contributed by atoms with Gasteiger partial charge in [0.05, 0.1) is 5.41 Å². The first-order chi connectivity index (χ1) is 34.3. The van der Waals surface area contributed by atoms with Crippen LogP contribution in [-0.4, -0.2) is 0 Å². The number of fused-ring (bicyclic) bond motifs is 6. The van der Waals surface area contributed by atoms with Crippen LogP contribution < -0.4 is 0 Å². The van der Waals surface area contributed by atoms with E-state index in [1.165, 1.54) is 83.5 Å². The van der Waals surface area contributed by atoms with Gasteiger partial charge in [0.1, 0.15) is 0 Å². The summed E-state index contributed by atoms with van der Waals surface area (Å²) in [5.74, 6) is 0. The van der Waals surface area contributed by atoms with Crippen molar-refractivity contribution in [2.24, 2.45) is 0 Å². The zero-order valence-electron chi connectivity index (χ0n) is 44.1. The largest absolute Gasteiger partial charge is 0.0988 e. The van der Waals surface area contributed by atoms with Crippen LogP contribution in [0.3, 0.4) is 0 Å². The van der Waals surface area contributed by atoms with Crippen LogP contribution in [0.1, 0.15) is 133 Å². The molecule has 0 heterocycles. The minimum atomic E-state index is -0.273. The topological polar surface area (TPSA) is 0 Å². The predicted molar refractivity (Wildman–Crippen MR) is 317 cm³/mol. The zero-order valence-corrected chi connectivity index (χ0v) is 44.1. The number of benzene rings is 5. The van der Waals surface area contributed by atoms with Crippen molar-refractivity contribution < 1.29 is 0 Å². The van der Waals surface area contributed by atoms with Crippen LogP contribution in [-0.2, 0) is 5.41 Å². The molecule has 1 spiro atoms. The van der Waals surface area contributed by atoms with Crippen molar-refractivity contribution in [3.63, 3.8) is 0 Å². The molecule has 1 unspecified atom stereocenters. The van der Waals surface area contributed by atoms with E-state index in [4.69, 9.17) is 0 Å². The molecule has 5 aromatic carbocycles. The van der Waals surface area contributed by atoms with Crippen molar-refractivity contribution >= 4 is 33.9 Å². The molecule has 0 N–H and O–H groups in total. The standard InChI is InChI=1S/C36H30.C19H20.C9H10.3C2H6/c1-5-12-28-31-21-20-27(26-15-10-14-25(22-26)24(4)7-3)23-35(31)36(32(28)13-6-2)33-18-9-8-16-29(33)30-17-11-19-34(30)36;1-3-16(4-2)8-7-9-17-12-14-19(15-13-17)18-10-5-6-11-18;1-8(2)9-6-4-3-5-7-9;3*1-2/h5-18,20-23H,3-4,19H2,1-2H3;3,5-10,12-15H,1,4,11H2,2H3;3-7H,1H2,2H3;3*1-2H3/b12-5-,13-6-;9-7?,16-8+;;;;. The van der Waals surface area contributed by atoms with E-state index in [1.54, 1.807) is 0 Å². The van der Waals surface area contributed by atoms with Crippen LogP contribution in [0.15, 0.2) is 243 Å². The summed E-state index contributed by atoms with van der Waals surface area (Å²) in [5, 5.41) is 0. The molecule has 5 aromatic rings. The van der Waals surface area contributed by atoms with Crippen molar-refractivity contribution in [3.05, 3.63) is 288 Å². The molecule has 0 fully saturated rings. The highest BCUT2D eigenvalue weighted by Crippen LogP contribution is 2.63. The molecule has 1 atom stereocenters. The normalized spacial score (nSPS) is 15.6. The van der Waals surface area contributed by atoms with Crippen molar-refractivity contribution in [2.75, 3.05) is 0 Å². The summed E-state index contributed by atoms with van der Waals surface area (Å²) in [6.07, 6.45) is 33.3. The fourth-order valence-corrected chi connectivity index (χ4v) is 9.25. The summed E-state index contributed by atoms with van der Waals surface area (Å²) in [6.45, 7) is 36.1. The highest BCUT2D eigenvalue weighted by Gasteiger charge is 2.53. The Morgan fingerprint density at radius 1 is 0.614 bits per heavy atom.